The van der Waals surface area contributed by atoms with Crippen LogP contribution in [0.5, 0.6) is 5.75 Å². The Morgan fingerprint density at radius 1 is 1.36 bits per heavy atom. The number of pyridine rings is 1. The van der Waals surface area contributed by atoms with E-state index in [4.69, 9.17) is 9.84 Å². The van der Waals surface area contributed by atoms with Gasteiger partial charge in [0, 0.05) is 11.6 Å². The fourth-order valence-corrected chi connectivity index (χ4v) is 2.72. The minimum Gasteiger partial charge on any atom is -0.506 e. The number of aliphatic hydroxyl groups excluding tert-OH is 1. The summed E-state index contributed by atoms with van der Waals surface area (Å²) >= 11 is 0. The Kier molecular flexibility index (Phi) is 4.86. The number of esters is 1. The molecule has 0 spiro atoms. The summed E-state index contributed by atoms with van der Waals surface area (Å²) in [6, 6.07) is 1.62. The number of H-pyrrole nitrogens is 1. The topological polar surface area (TPSA) is 117 Å². The Balaban J connectivity index is 2.35. The van der Waals surface area contributed by atoms with Crippen molar-refractivity contribution in [3.8, 4) is 11.4 Å². The average molecular weight is 397 g/mol. The summed E-state index contributed by atoms with van der Waals surface area (Å²) in [5.41, 5.74) is -3.48. The molecule has 0 fully saturated rings. The number of carbonyl (C=O) groups is 1. The molecule has 0 atom stereocenters. The molecule has 0 radical (unpaired) electrons. The molecule has 3 N–H and O–H groups in total. The number of aromatic hydroxyl groups is 1. The number of nitrogens with zero attached hydrogens (tertiary/aromatic N) is 2. The summed E-state index contributed by atoms with van der Waals surface area (Å²) in [4.78, 5) is 30.0. The maximum atomic E-state index is 13.5. The molecule has 1 aromatic carbocycles. The molecule has 2 heterocycles. The second-order valence-corrected chi connectivity index (χ2v) is 5.74. The first kappa shape index (κ1) is 19.4. The number of carbonyl (C=O) groups excluding carboxylic acids is 1. The van der Waals surface area contributed by atoms with Gasteiger partial charge in [-0.25, -0.2) is 9.78 Å². The molecule has 0 aliphatic rings. The van der Waals surface area contributed by atoms with Crippen LogP contribution in [0.2, 0.25) is 0 Å². The number of imidazole rings is 1. The average Bonchev–Trinajstić information content (AvgIpc) is 3.09. The number of rotatable bonds is 4. The van der Waals surface area contributed by atoms with Crippen LogP contribution in [0.25, 0.3) is 16.6 Å². The molecule has 0 amide bonds. The van der Waals surface area contributed by atoms with Gasteiger partial charge in [-0.15, -0.1) is 0 Å². The van der Waals surface area contributed by atoms with Crippen LogP contribution in [0.3, 0.4) is 0 Å². The molecule has 3 rings (SSSR count). The Morgan fingerprint density at radius 3 is 2.64 bits per heavy atom. The Bertz CT molecular complexity index is 1120. The van der Waals surface area contributed by atoms with Gasteiger partial charge < -0.3 is 24.5 Å². The number of hydrogen-bond donors (Lipinski definition) is 3. The second-order valence-electron chi connectivity index (χ2n) is 5.74. The molecule has 11 heteroatoms. The van der Waals surface area contributed by atoms with E-state index < -0.39 is 46.9 Å². The van der Waals surface area contributed by atoms with E-state index >= 15 is 0 Å². The smallest absolute Gasteiger partial charge is 0.418 e. The number of aromatic nitrogens is 3. The fourth-order valence-electron chi connectivity index (χ4n) is 2.72. The first-order valence-electron chi connectivity index (χ1n) is 7.98. The number of hydrogen-bond acceptors (Lipinski definition) is 6. The zero-order valence-corrected chi connectivity index (χ0v) is 14.4. The lowest BCUT2D eigenvalue weighted by Crippen LogP contribution is -2.20. The zero-order chi connectivity index (χ0) is 20.6. The van der Waals surface area contributed by atoms with Gasteiger partial charge in [0.15, 0.2) is 5.56 Å². The summed E-state index contributed by atoms with van der Waals surface area (Å²) in [6.07, 6.45) is -2.54. The molecule has 2 aromatic heterocycles. The molecule has 28 heavy (non-hydrogen) atoms. The second kappa shape index (κ2) is 7.00. The molecule has 0 saturated heterocycles. The highest BCUT2D eigenvalue weighted by Gasteiger charge is 2.35. The highest BCUT2D eigenvalue weighted by atomic mass is 19.4. The third kappa shape index (κ3) is 3.31. The minimum atomic E-state index is -4.79. The van der Waals surface area contributed by atoms with E-state index in [2.05, 4.69) is 9.97 Å². The lowest BCUT2D eigenvalue weighted by molar-refractivity contribution is -0.137. The van der Waals surface area contributed by atoms with Crippen LogP contribution in [0.4, 0.5) is 13.2 Å². The lowest BCUT2D eigenvalue weighted by Gasteiger charge is -2.16. The first-order chi connectivity index (χ1) is 13.2. The predicted octanol–water partition coefficient (Wildman–Crippen LogP) is 2.11. The summed E-state index contributed by atoms with van der Waals surface area (Å²) in [6.45, 7) is 0.955. The summed E-state index contributed by atoms with van der Waals surface area (Å²) in [5.74, 6) is -1.90. The summed E-state index contributed by atoms with van der Waals surface area (Å²) in [7, 11) is 0. The Labute approximate surface area is 154 Å². The van der Waals surface area contributed by atoms with E-state index in [0.717, 1.165) is 17.0 Å². The summed E-state index contributed by atoms with van der Waals surface area (Å²) < 4.78 is 46.4. The van der Waals surface area contributed by atoms with E-state index in [9.17, 15) is 27.9 Å². The monoisotopic (exact) mass is 397 g/mol. The highest BCUT2D eigenvalue weighted by Crippen LogP contribution is 2.38. The molecular weight excluding hydrogens is 383 g/mol. The van der Waals surface area contributed by atoms with Crippen LogP contribution in [-0.4, -0.2) is 37.3 Å². The van der Waals surface area contributed by atoms with Gasteiger partial charge in [-0.05, 0) is 19.1 Å². The van der Waals surface area contributed by atoms with Gasteiger partial charge in [0.05, 0.1) is 42.0 Å². The van der Waals surface area contributed by atoms with E-state index in [0.29, 0.717) is 6.07 Å². The van der Waals surface area contributed by atoms with Crippen LogP contribution >= 0.6 is 0 Å². The minimum absolute atomic E-state index is 0.0625. The molecule has 0 bridgehead atoms. The van der Waals surface area contributed by atoms with Crippen molar-refractivity contribution in [2.75, 3.05) is 6.61 Å². The van der Waals surface area contributed by atoms with Crippen molar-refractivity contribution < 1.29 is 32.9 Å². The zero-order valence-electron chi connectivity index (χ0n) is 14.4. The number of aliphatic hydroxyl groups is 1. The maximum Gasteiger partial charge on any atom is 0.418 e. The van der Waals surface area contributed by atoms with Gasteiger partial charge in [0.2, 0.25) is 0 Å². The molecule has 8 nitrogen and oxygen atoms in total. The molecule has 0 aliphatic heterocycles. The van der Waals surface area contributed by atoms with E-state index in [1.54, 1.807) is 0 Å². The Hall–Kier alpha value is -3.34. The quantitative estimate of drug-likeness (QED) is 0.581. The van der Waals surface area contributed by atoms with Crippen molar-refractivity contribution in [1.29, 1.82) is 0 Å². The SMILES string of the molecule is CCOC(=O)c1c(O)c2cc(-n3cnc(CO)c3)c(C(F)(F)F)cc2[nH]c1=O. The molecule has 0 unspecified atom stereocenters. The van der Waals surface area contributed by atoms with Crippen LogP contribution in [0.1, 0.15) is 28.5 Å². The van der Waals surface area contributed by atoms with Crippen molar-refractivity contribution >= 4 is 16.9 Å². The van der Waals surface area contributed by atoms with Gasteiger partial charge in [-0.1, -0.05) is 0 Å². The number of nitrogens with one attached hydrogen (secondary N) is 1. The normalized spacial score (nSPS) is 11.8. The van der Waals surface area contributed by atoms with Crippen LogP contribution in [0.15, 0.2) is 29.5 Å². The van der Waals surface area contributed by atoms with Crippen molar-refractivity contribution in [2.24, 2.45) is 0 Å². The predicted molar refractivity (Wildman–Crippen MR) is 90.2 cm³/mol. The van der Waals surface area contributed by atoms with Gasteiger partial charge in [-0.2, -0.15) is 13.2 Å². The summed E-state index contributed by atoms with van der Waals surface area (Å²) in [5, 5.41) is 19.3. The maximum absolute atomic E-state index is 13.5. The molecule has 148 valence electrons. The van der Waals surface area contributed by atoms with Crippen molar-refractivity contribution in [3.05, 3.63) is 51.8 Å². The number of halogens is 3. The van der Waals surface area contributed by atoms with Crippen LogP contribution in [-0.2, 0) is 17.5 Å². The lowest BCUT2D eigenvalue weighted by atomic mass is 10.0. The van der Waals surface area contributed by atoms with E-state index in [1.807, 2.05) is 0 Å². The Morgan fingerprint density at radius 2 is 2.07 bits per heavy atom. The fraction of sp³-hybridized carbons (Fsp3) is 0.235. The van der Waals surface area contributed by atoms with Gasteiger partial charge >= 0.3 is 12.1 Å². The highest BCUT2D eigenvalue weighted by molar-refractivity contribution is 6.00. The third-order valence-electron chi connectivity index (χ3n) is 3.96. The van der Waals surface area contributed by atoms with Crippen molar-refractivity contribution in [3.63, 3.8) is 0 Å². The number of ether oxygens (including phenoxy) is 1. The van der Waals surface area contributed by atoms with Crippen molar-refractivity contribution in [2.45, 2.75) is 19.7 Å². The van der Waals surface area contributed by atoms with Gasteiger partial charge in [0.1, 0.15) is 5.75 Å². The van der Waals surface area contributed by atoms with Crippen LogP contribution in [0, 0.1) is 0 Å². The molecule has 0 aliphatic carbocycles. The van der Waals surface area contributed by atoms with Crippen molar-refractivity contribution in [1.82, 2.24) is 14.5 Å². The number of aromatic amines is 1. The molecular formula is C17H14F3N3O5. The van der Waals surface area contributed by atoms with Gasteiger partial charge in [0.25, 0.3) is 5.56 Å². The molecule has 3 aromatic rings. The van der Waals surface area contributed by atoms with Gasteiger partial charge in [-0.3, -0.25) is 4.79 Å². The number of alkyl halides is 3. The largest absolute Gasteiger partial charge is 0.506 e. The van der Waals surface area contributed by atoms with Crippen LogP contribution < -0.4 is 5.56 Å². The van der Waals surface area contributed by atoms with E-state index in [1.165, 1.54) is 13.1 Å². The molecule has 0 saturated carbocycles. The third-order valence-corrected chi connectivity index (χ3v) is 3.96. The number of benzene rings is 1. The standard InChI is InChI=1S/C17H14F3N3O5/c1-2-28-16(27)13-14(25)9-3-12(23-5-8(6-24)21-7-23)10(17(18,19)20)4-11(9)22-15(13)26/h3-5,7,24H,2,6H2,1H3,(H2,22,25,26). The first-order valence-corrected chi connectivity index (χ1v) is 7.98. The number of fused-ring (bicyclic) bond motifs is 1. The van der Waals surface area contributed by atoms with E-state index in [-0.39, 0.29) is 23.2 Å².